The lowest BCUT2D eigenvalue weighted by atomic mass is 10.4. The van der Waals surface area contributed by atoms with Crippen molar-refractivity contribution in [1.82, 2.24) is 10.2 Å². The normalized spacial score (nSPS) is 24.8. The maximum Gasteiger partial charge on any atom is 0.0736 e. The summed E-state index contributed by atoms with van der Waals surface area (Å²) in [7, 11) is 2.20. The lowest BCUT2D eigenvalue weighted by molar-refractivity contribution is 0.266. The maximum atomic E-state index is 3.42. The molecule has 2 rings (SSSR count). The Morgan fingerprint density at radius 3 is 3.31 bits per heavy atom. The molecule has 0 radical (unpaired) electrons. The van der Waals surface area contributed by atoms with Crippen molar-refractivity contribution in [2.45, 2.75) is 9.58 Å². The van der Waals surface area contributed by atoms with Crippen LogP contribution in [0, 0.1) is 0 Å². The lowest BCUT2D eigenvalue weighted by Gasteiger charge is -2.32. The number of likely N-dealkylation sites (N-methyl/N-ethyl adjacent to an activating group) is 1. The van der Waals surface area contributed by atoms with E-state index in [4.69, 9.17) is 0 Å². The first kappa shape index (κ1) is 9.52. The highest BCUT2D eigenvalue weighted by Gasteiger charge is 2.19. The largest absolute Gasteiger partial charge is 0.313 e. The Labute approximate surface area is 87.3 Å². The molecule has 1 atom stereocenters. The van der Waals surface area contributed by atoms with E-state index in [9.17, 15) is 0 Å². The van der Waals surface area contributed by atoms with Crippen LogP contribution >= 0.6 is 23.1 Å². The minimum absolute atomic E-state index is 0.604. The molecule has 0 spiro atoms. The molecular formula is C9H14N2S2. The van der Waals surface area contributed by atoms with Gasteiger partial charge in [-0.2, -0.15) is 0 Å². The molecule has 1 N–H and O–H groups in total. The van der Waals surface area contributed by atoms with Crippen LogP contribution < -0.4 is 5.32 Å². The predicted octanol–water partition coefficient (Wildman–Crippen LogP) is 1.70. The minimum atomic E-state index is 0.604. The molecule has 0 bridgehead atoms. The van der Waals surface area contributed by atoms with Crippen LogP contribution in [0.15, 0.2) is 21.7 Å². The molecule has 1 unspecified atom stereocenters. The molecule has 13 heavy (non-hydrogen) atoms. The summed E-state index contributed by atoms with van der Waals surface area (Å²) in [6.07, 6.45) is 0. The summed E-state index contributed by atoms with van der Waals surface area (Å²) in [5.74, 6) is 0. The van der Waals surface area contributed by atoms with Gasteiger partial charge in [0.2, 0.25) is 0 Å². The highest BCUT2D eigenvalue weighted by molar-refractivity contribution is 8.01. The first-order valence-electron chi connectivity index (χ1n) is 4.47. The molecule has 1 aromatic rings. The van der Waals surface area contributed by atoms with Gasteiger partial charge in [0.1, 0.15) is 0 Å². The molecule has 1 fully saturated rings. The van der Waals surface area contributed by atoms with E-state index in [0.29, 0.717) is 5.37 Å². The van der Waals surface area contributed by atoms with Gasteiger partial charge in [-0.05, 0) is 18.5 Å². The first-order chi connectivity index (χ1) is 6.36. The van der Waals surface area contributed by atoms with Crippen molar-refractivity contribution in [3.8, 4) is 0 Å². The van der Waals surface area contributed by atoms with Gasteiger partial charge in [0.15, 0.2) is 0 Å². The van der Waals surface area contributed by atoms with E-state index in [-0.39, 0.29) is 0 Å². The molecule has 1 aliphatic heterocycles. The van der Waals surface area contributed by atoms with Crippen molar-refractivity contribution in [2.75, 3.05) is 26.7 Å². The first-order valence-corrected chi connectivity index (χ1v) is 6.23. The fourth-order valence-corrected chi connectivity index (χ4v) is 3.46. The van der Waals surface area contributed by atoms with Crippen LogP contribution in [0.25, 0.3) is 0 Å². The number of nitrogens with zero attached hydrogens (tertiary/aromatic N) is 1. The minimum Gasteiger partial charge on any atom is -0.313 e. The van der Waals surface area contributed by atoms with Gasteiger partial charge in [0.05, 0.1) is 9.58 Å². The van der Waals surface area contributed by atoms with E-state index in [1.807, 2.05) is 23.1 Å². The van der Waals surface area contributed by atoms with E-state index < -0.39 is 0 Å². The second-order valence-corrected chi connectivity index (χ2v) is 5.62. The fourth-order valence-electron chi connectivity index (χ4n) is 1.38. The van der Waals surface area contributed by atoms with E-state index in [1.54, 1.807) is 0 Å². The van der Waals surface area contributed by atoms with Crippen LogP contribution in [0.5, 0.6) is 0 Å². The monoisotopic (exact) mass is 214 g/mol. The Hall–Kier alpha value is -0.0300. The van der Waals surface area contributed by atoms with Crippen molar-refractivity contribution in [2.24, 2.45) is 0 Å². The third-order valence-electron chi connectivity index (χ3n) is 2.20. The Kier molecular flexibility index (Phi) is 3.27. The average Bonchev–Trinajstić information content (AvgIpc) is 2.61. The highest BCUT2D eigenvalue weighted by Crippen LogP contribution is 2.29. The molecule has 1 aromatic heterocycles. The van der Waals surface area contributed by atoms with Gasteiger partial charge < -0.3 is 5.32 Å². The quantitative estimate of drug-likeness (QED) is 0.807. The van der Waals surface area contributed by atoms with Gasteiger partial charge >= 0.3 is 0 Å². The standard InChI is InChI=1S/C9H14N2S2/c1-11-5-4-10-7-8(11)13-9-3-2-6-12-9/h2-3,6,8,10H,4-5,7H2,1H3. The SMILES string of the molecule is CN1CCNCC1Sc1cccs1. The second-order valence-electron chi connectivity index (χ2n) is 3.19. The van der Waals surface area contributed by atoms with E-state index >= 15 is 0 Å². The van der Waals surface area contributed by atoms with Crippen LogP contribution in [0.1, 0.15) is 0 Å². The Balaban J connectivity index is 1.93. The van der Waals surface area contributed by atoms with Gasteiger partial charge in [-0.1, -0.05) is 17.8 Å². The number of nitrogens with one attached hydrogen (secondary N) is 1. The number of hydrogen-bond donors (Lipinski definition) is 1. The lowest BCUT2D eigenvalue weighted by Crippen LogP contribution is -2.47. The number of thiophene rings is 1. The van der Waals surface area contributed by atoms with Crippen molar-refractivity contribution >= 4 is 23.1 Å². The summed E-state index contributed by atoms with van der Waals surface area (Å²) in [5, 5.41) is 6.16. The predicted molar refractivity (Wildman–Crippen MR) is 59.5 cm³/mol. The zero-order valence-electron chi connectivity index (χ0n) is 7.69. The summed E-state index contributed by atoms with van der Waals surface area (Å²) >= 11 is 3.79. The molecule has 1 saturated heterocycles. The summed E-state index contributed by atoms with van der Waals surface area (Å²) in [4.78, 5) is 2.42. The molecule has 72 valence electrons. The van der Waals surface area contributed by atoms with Crippen LogP contribution in [-0.4, -0.2) is 37.0 Å². The van der Waals surface area contributed by atoms with E-state index in [2.05, 4.69) is 34.8 Å². The van der Waals surface area contributed by atoms with Crippen molar-refractivity contribution in [3.05, 3.63) is 17.5 Å². The van der Waals surface area contributed by atoms with Crippen LogP contribution in [0.2, 0.25) is 0 Å². The summed E-state index contributed by atoms with van der Waals surface area (Å²) in [6.45, 7) is 3.38. The number of thioether (sulfide) groups is 1. The highest BCUT2D eigenvalue weighted by atomic mass is 32.2. The maximum absolute atomic E-state index is 3.42. The zero-order valence-corrected chi connectivity index (χ0v) is 9.33. The van der Waals surface area contributed by atoms with Gasteiger partial charge in [-0.15, -0.1) is 11.3 Å². The van der Waals surface area contributed by atoms with Crippen molar-refractivity contribution < 1.29 is 0 Å². The zero-order chi connectivity index (χ0) is 9.10. The summed E-state index contributed by atoms with van der Waals surface area (Å²) in [5.41, 5.74) is 0. The van der Waals surface area contributed by atoms with Crippen LogP contribution in [-0.2, 0) is 0 Å². The van der Waals surface area contributed by atoms with Gasteiger partial charge in [0, 0.05) is 19.6 Å². The number of hydrogen-bond acceptors (Lipinski definition) is 4. The number of piperazine rings is 1. The van der Waals surface area contributed by atoms with Gasteiger partial charge in [0.25, 0.3) is 0 Å². The molecule has 2 nitrogen and oxygen atoms in total. The molecular weight excluding hydrogens is 200 g/mol. The summed E-state index contributed by atoms with van der Waals surface area (Å²) < 4.78 is 1.42. The molecule has 0 amide bonds. The molecule has 0 saturated carbocycles. The molecule has 0 aliphatic carbocycles. The topological polar surface area (TPSA) is 15.3 Å². The van der Waals surface area contributed by atoms with E-state index in [0.717, 1.165) is 19.6 Å². The molecule has 4 heteroatoms. The summed E-state index contributed by atoms with van der Waals surface area (Å²) in [6, 6.07) is 4.31. The molecule has 2 heterocycles. The molecule has 1 aliphatic rings. The van der Waals surface area contributed by atoms with E-state index in [1.165, 1.54) is 4.21 Å². The van der Waals surface area contributed by atoms with Gasteiger partial charge in [-0.3, -0.25) is 4.90 Å². The van der Waals surface area contributed by atoms with Crippen molar-refractivity contribution in [3.63, 3.8) is 0 Å². The Morgan fingerprint density at radius 1 is 1.69 bits per heavy atom. The van der Waals surface area contributed by atoms with Gasteiger partial charge in [-0.25, -0.2) is 0 Å². The second kappa shape index (κ2) is 4.46. The van der Waals surface area contributed by atoms with Crippen LogP contribution in [0.4, 0.5) is 0 Å². The molecule has 0 aromatic carbocycles. The third kappa shape index (κ3) is 2.47. The fraction of sp³-hybridized carbons (Fsp3) is 0.556. The average molecular weight is 214 g/mol. The van der Waals surface area contributed by atoms with Crippen LogP contribution in [0.3, 0.4) is 0 Å². The number of rotatable bonds is 2. The third-order valence-corrected chi connectivity index (χ3v) is 4.61. The Bertz CT molecular complexity index is 248. The smallest absolute Gasteiger partial charge is 0.0736 e. The Morgan fingerprint density at radius 2 is 2.62 bits per heavy atom. The van der Waals surface area contributed by atoms with Crippen molar-refractivity contribution in [1.29, 1.82) is 0 Å².